The van der Waals surface area contributed by atoms with Crippen molar-refractivity contribution >= 4 is 5.91 Å². The van der Waals surface area contributed by atoms with Gasteiger partial charge in [0.25, 0.3) is 0 Å². The lowest BCUT2D eigenvalue weighted by atomic mass is 9.99. The van der Waals surface area contributed by atoms with Gasteiger partial charge in [-0.15, -0.1) is 0 Å². The van der Waals surface area contributed by atoms with Crippen molar-refractivity contribution in [2.75, 3.05) is 18.5 Å². The standard InChI is InChI=1S/C9H13N3O/c13-9(5-8-6-10-7-8)11-12-3-1-2-4-12/h1-4,8,10H,5-7H2,(H,11,13). The van der Waals surface area contributed by atoms with E-state index in [0.717, 1.165) is 13.1 Å². The first kappa shape index (κ1) is 8.31. The Labute approximate surface area is 76.9 Å². The molecule has 0 bridgehead atoms. The number of rotatable bonds is 3. The molecule has 0 aromatic carbocycles. The van der Waals surface area contributed by atoms with Crippen molar-refractivity contribution in [3.63, 3.8) is 0 Å². The average Bonchev–Trinajstić information content (AvgIpc) is 2.49. The quantitative estimate of drug-likeness (QED) is 0.694. The predicted molar refractivity (Wildman–Crippen MR) is 49.8 cm³/mol. The minimum Gasteiger partial charge on any atom is -0.316 e. The number of carbonyl (C=O) groups is 1. The van der Waals surface area contributed by atoms with Crippen molar-refractivity contribution in [1.29, 1.82) is 0 Å². The van der Waals surface area contributed by atoms with Crippen molar-refractivity contribution in [2.45, 2.75) is 6.42 Å². The van der Waals surface area contributed by atoms with Gasteiger partial charge < -0.3 is 5.32 Å². The Morgan fingerprint density at radius 2 is 2.15 bits per heavy atom. The Balaban J connectivity index is 1.78. The highest BCUT2D eigenvalue weighted by Gasteiger charge is 2.19. The summed E-state index contributed by atoms with van der Waals surface area (Å²) in [6.07, 6.45) is 4.25. The molecule has 1 aliphatic heterocycles. The fourth-order valence-corrected chi connectivity index (χ4v) is 1.35. The molecule has 0 unspecified atom stereocenters. The average molecular weight is 179 g/mol. The van der Waals surface area contributed by atoms with E-state index in [2.05, 4.69) is 10.7 Å². The van der Waals surface area contributed by atoms with E-state index in [0.29, 0.717) is 12.3 Å². The van der Waals surface area contributed by atoms with E-state index in [9.17, 15) is 4.79 Å². The smallest absolute Gasteiger partial charge is 0.239 e. The van der Waals surface area contributed by atoms with Crippen LogP contribution in [-0.2, 0) is 4.79 Å². The van der Waals surface area contributed by atoms with E-state index in [1.807, 2.05) is 24.5 Å². The van der Waals surface area contributed by atoms with Crippen molar-refractivity contribution in [3.05, 3.63) is 24.5 Å². The summed E-state index contributed by atoms with van der Waals surface area (Å²) in [5.74, 6) is 0.610. The van der Waals surface area contributed by atoms with Crippen LogP contribution in [-0.4, -0.2) is 23.7 Å². The van der Waals surface area contributed by atoms with Gasteiger partial charge in [0.1, 0.15) is 0 Å². The lowest BCUT2D eigenvalue weighted by Crippen LogP contribution is -2.44. The van der Waals surface area contributed by atoms with Gasteiger partial charge in [0.15, 0.2) is 0 Å². The number of hydrogen-bond donors (Lipinski definition) is 2. The van der Waals surface area contributed by atoms with Gasteiger partial charge in [-0.2, -0.15) is 0 Å². The molecule has 0 spiro atoms. The summed E-state index contributed by atoms with van der Waals surface area (Å²) in [7, 11) is 0. The number of nitrogens with zero attached hydrogens (tertiary/aromatic N) is 1. The monoisotopic (exact) mass is 179 g/mol. The molecule has 70 valence electrons. The van der Waals surface area contributed by atoms with Gasteiger partial charge in [-0.25, -0.2) is 0 Å². The second kappa shape index (κ2) is 3.62. The molecular formula is C9H13N3O. The van der Waals surface area contributed by atoms with Gasteiger partial charge in [-0.05, 0) is 31.1 Å². The van der Waals surface area contributed by atoms with Crippen LogP contribution in [0.2, 0.25) is 0 Å². The van der Waals surface area contributed by atoms with Crippen LogP contribution in [0.1, 0.15) is 6.42 Å². The van der Waals surface area contributed by atoms with E-state index in [1.54, 1.807) is 4.68 Å². The minimum absolute atomic E-state index is 0.0858. The molecule has 1 amide bonds. The molecule has 2 heterocycles. The minimum atomic E-state index is 0.0858. The van der Waals surface area contributed by atoms with Gasteiger partial charge in [0.2, 0.25) is 5.91 Å². The molecule has 4 nitrogen and oxygen atoms in total. The molecule has 1 aromatic heterocycles. The van der Waals surface area contributed by atoms with Crippen molar-refractivity contribution in [3.8, 4) is 0 Å². The zero-order valence-corrected chi connectivity index (χ0v) is 7.36. The summed E-state index contributed by atoms with van der Waals surface area (Å²) in [5, 5.41) is 3.14. The van der Waals surface area contributed by atoms with Gasteiger partial charge >= 0.3 is 0 Å². The largest absolute Gasteiger partial charge is 0.316 e. The van der Waals surface area contributed by atoms with Gasteiger partial charge in [0, 0.05) is 18.8 Å². The van der Waals surface area contributed by atoms with Crippen LogP contribution in [0.25, 0.3) is 0 Å². The molecule has 0 radical (unpaired) electrons. The highest BCUT2D eigenvalue weighted by atomic mass is 16.2. The Morgan fingerprint density at radius 1 is 1.46 bits per heavy atom. The fraction of sp³-hybridized carbons (Fsp3) is 0.444. The third-order valence-electron chi connectivity index (χ3n) is 2.20. The number of amides is 1. The molecule has 0 aliphatic carbocycles. The first-order chi connectivity index (χ1) is 6.34. The van der Waals surface area contributed by atoms with Crippen molar-refractivity contribution in [2.24, 2.45) is 5.92 Å². The number of nitrogens with one attached hydrogen (secondary N) is 2. The normalized spacial score (nSPS) is 16.6. The summed E-state index contributed by atoms with van der Waals surface area (Å²) in [6, 6.07) is 3.76. The third-order valence-corrected chi connectivity index (χ3v) is 2.20. The maximum Gasteiger partial charge on any atom is 0.239 e. The van der Waals surface area contributed by atoms with Crippen LogP contribution >= 0.6 is 0 Å². The van der Waals surface area contributed by atoms with Crippen LogP contribution in [0, 0.1) is 5.92 Å². The molecule has 0 saturated carbocycles. The van der Waals surface area contributed by atoms with E-state index in [1.165, 1.54) is 0 Å². The molecule has 1 fully saturated rings. The highest BCUT2D eigenvalue weighted by molar-refractivity contribution is 5.83. The second-order valence-electron chi connectivity index (χ2n) is 3.35. The summed E-state index contributed by atoms with van der Waals surface area (Å²) in [5.41, 5.74) is 2.77. The van der Waals surface area contributed by atoms with Crippen molar-refractivity contribution < 1.29 is 4.79 Å². The number of carbonyl (C=O) groups excluding carboxylic acids is 1. The van der Waals surface area contributed by atoms with Gasteiger partial charge in [0.05, 0.1) is 0 Å². The summed E-state index contributed by atoms with van der Waals surface area (Å²) in [6.45, 7) is 1.94. The lowest BCUT2D eigenvalue weighted by molar-refractivity contribution is -0.118. The second-order valence-corrected chi connectivity index (χ2v) is 3.35. The van der Waals surface area contributed by atoms with E-state index in [-0.39, 0.29) is 5.91 Å². The Hall–Kier alpha value is -1.29. The third kappa shape index (κ3) is 2.09. The maximum absolute atomic E-state index is 11.4. The van der Waals surface area contributed by atoms with Crippen molar-refractivity contribution in [1.82, 2.24) is 9.99 Å². The molecule has 13 heavy (non-hydrogen) atoms. The summed E-state index contributed by atoms with van der Waals surface area (Å²) >= 11 is 0. The topological polar surface area (TPSA) is 46.1 Å². The Morgan fingerprint density at radius 3 is 2.69 bits per heavy atom. The van der Waals surface area contributed by atoms with Crippen LogP contribution in [0.4, 0.5) is 0 Å². The first-order valence-corrected chi connectivity index (χ1v) is 4.48. The summed E-state index contributed by atoms with van der Waals surface area (Å²) < 4.78 is 1.68. The van der Waals surface area contributed by atoms with Gasteiger partial charge in [-0.1, -0.05) is 0 Å². The molecule has 1 aromatic rings. The summed E-state index contributed by atoms with van der Waals surface area (Å²) in [4.78, 5) is 11.4. The Kier molecular flexibility index (Phi) is 2.31. The molecule has 2 rings (SSSR count). The zero-order valence-electron chi connectivity index (χ0n) is 7.36. The lowest BCUT2D eigenvalue weighted by Gasteiger charge is -2.26. The van der Waals surface area contributed by atoms with Crippen LogP contribution in [0.15, 0.2) is 24.5 Å². The fourth-order valence-electron chi connectivity index (χ4n) is 1.35. The van der Waals surface area contributed by atoms with Gasteiger partial charge in [-0.3, -0.25) is 14.9 Å². The molecular weight excluding hydrogens is 166 g/mol. The van der Waals surface area contributed by atoms with Crippen LogP contribution in [0.3, 0.4) is 0 Å². The Bertz CT molecular complexity index is 277. The highest BCUT2D eigenvalue weighted by Crippen LogP contribution is 2.07. The number of aromatic nitrogens is 1. The SMILES string of the molecule is O=C(CC1CNC1)Nn1cccc1. The van der Waals surface area contributed by atoms with Crippen LogP contribution < -0.4 is 10.7 Å². The molecule has 1 saturated heterocycles. The van der Waals surface area contributed by atoms with E-state index >= 15 is 0 Å². The first-order valence-electron chi connectivity index (χ1n) is 4.48. The van der Waals surface area contributed by atoms with E-state index < -0.39 is 0 Å². The maximum atomic E-state index is 11.4. The molecule has 2 N–H and O–H groups in total. The number of hydrogen-bond acceptors (Lipinski definition) is 2. The molecule has 0 atom stereocenters. The van der Waals surface area contributed by atoms with E-state index in [4.69, 9.17) is 0 Å². The molecule has 4 heteroatoms. The predicted octanol–water partition coefficient (Wildman–Crippen LogP) is 0.168. The zero-order chi connectivity index (χ0) is 9.10. The van der Waals surface area contributed by atoms with Crippen LogP contribution in [0.5, 0.6) is 0 Å². The molecule has 1 aliphatic rings.